The molecule has 217 valence electrons. The van der Waals surface area contributed by atoms with Gasteiger partial charge in [-0.2, -0.15) is 0 Å². The number of hydrogen-bond acceptors (Lipinski definition) is 4. The minimum atomic E-state index is -0.900. The van der Waals surface area contributed by atoms with Crippen molar-refractivity contribution in [2.45, 2.75) is 70.9 Å². The molecule has 0 aliphatic heterocycles. The van der Waals surface area contributed by atoms with E-state index in [1.165, 1.54) is 23.3 Å². The topological polar surface area (TPSA) is 72.8 Å². The normalized spacial score (nSPS) is 14.3. The van der Waals surface area contributed by atoms with Crippen LogP contribution in [0.4, 0.5) is 4.39 Å². The first-order valence-electron chi connectivity index (χ1n) is 14.7. The summed E-state index contributed by atoms with van der Waals surface area (Å²) in [6, 6.07) is 19.4. The van der Waals surface area contributed by atoms with E-state index in [1.54, 1.807) is 6.07 Å². The summed E-state index contributed by atoms with van der Waals surface area (Å²) in [6.45, 7) is 7.56. The standard InChI is InChI=1S/C34H43BFN2O3/c1-5-24-18-27(31-13-12-29(36)19-28(31)11-15-33(40)41)10-14-32(24)35-38(4)22-30(39)21-37-34(2,3)20-23-16-25-8-6-7-9-26(25)17-23/h6-10,12-14,18-19,23,30,37,39H,5,11,15-17,20-22H2,1-4H3,(H,40,41)/t30-/m1/s1. The number of benzene rings is 3. The number of nitrogens with one attached hydrogen (secondary N) is 1. The monoisotopic (exact) mass is 557 g/mol. The van der Waals surface area contributed by atoms with Crippen molar-refractivity contribution < 1.29 is 19.4 Å². The zero-order valence-corrected chi connectivity index (χ0v) is 24.8. The molecule has 3 N–H and O–H groups in total. The minimum absolute atomic E-state index is 0.0447. The lowest BCUT2D eigenvalue weighted by molar-refractivity contribution is -0.136. The molecule has 0 bridgehead atoms. The minimum Gasteiger partial charge on any atom is -0.481 e. The van der Waals surface area contributed by atoms with E-state index in [0.29, 0.717) is 24.6 Å². The molecule has 0 saturated carbocycles. The molecule has 41 heavy (non-hydrogen) atoms. The van der Waals surface area contributed by atoms with Gasteiger partial charge in [0, 0.05) is 25.0 Å². The first kappa shape index (κ1) is 31.0. The number of likely N-dealkylation sites (N-methyl/N-ethyl adjacent to an activating group) is 1. The molecule has 4 rings (SSSR count). The van der Waals surface area contributed by atoms with Crippen molar-refractivity contribution >= 4 is 18.8 Å². The average Bonchev–Trinajstić information content (AvgIpc) is 3.32. The van der Waals surface area contributed by atoms with E-state index < -0.39 is 12.1 Å². The van der Waals surface area contributed by atoms with Crippen LogP contribution in [-0.4, -0.2) is 60.2 Å². The largest absolute Gasteiger partial charge is 0.481 e. The molecule has 0 saturated heterocycles. The first-order valence-corrected chi connectivity index (χ1v) is 14.7. The Hall–Kier alpha value is -3.00. The fraction of sp³-hybridized carbons (Fsp3) is 0.441. The third kappa shape index (κ3) is 8.75. The number of hydrogen-bond donors (Lipinski definition) is 3. The van der Waals surface area contributed by atoms with Crippen molar-refractivity contribution in [3.05, 3.63) is 88.7 Å². The maximum Gasteiger partial charge on any atom is 0.303 e. The first-order chi connectivity index (χ1) is 19.5. The molecule has 1 radical (unpaired) electrons. The summed E-state index contributed by atoms with van der Waals surface area (Å²) >= 11 is 0. The fourth-order valence-corrected chi connectivity index (χ4v) is 6.17. The van der Waals surface area contributed by atoms with E-state index in [0.717, 1.165) is 47.8 Å². The molecule has 3 aromatic rings. The second kappa shape index (κ2) is 13.8. The van der Waals surface area contributed by atoms with Crippen molar-refractivity contribution in [3.63, 3.8) is 0 Å². The van der Waals surface area contributed by atoms with E-state index in [9.17, 15) is 14.3 Å². The number of halogens is 1. The van der Waals surface area contributed by atoms with E-state index >= 15 is 0 Å². The highest BCUT2D eigenvalue weighted by molar-refractivity contribution is 6.51. The van der Waals surface area contributed by atoms with E-state index in [-0.39, 0.29) is 24.2 Å². The number of carbonyl (C=O) groups is 1. The van der Waals surface area contributed by atoms with Crippen molar-refractivity contribution in [2.24, 2.45) is 5.92 Å². The van der Waals surface area contributed by atoms with Gasteiger partial charge in [-0.05, 0) is 98.9 Å². The number of aliphatic carboxylic acids is 1. The molecule has 0 amide bonds. The van der Waals surface area contributed by atoms with Crippen LogP contribution < -0.4 is 10.8 Å². The molecule has 0 aromatic heterocycles. The number of aryl methyl sites for hydroxylation is 2. The second-order valence-electron chi connectivity index (χ2n) is 12.2. The van der Waals surface area contributed by atoms with Crippen molar-refractivity contribution in [1.82, 2.24) is 10.1 Å². The third-order valence-electron chi connectivity index (χ3n) is 8.12. The van der Waals surface area contributed by atoms with Crippen molar-refractivity contribution in [2.75, 3.05) is 20.1 Å². The Labute approximate surface area is 245 Å². The molecule has 0 unspecified atom stereocenters. The van der Waals surface area contributed by atoms with Gasteiger partial charge in [-0.15, -0.1) is 0 Å². The number of carboxylic acids is 1. The molecule has 3 aromatic carbocycles. The molecule has 0 fully saturated rings. The summed E-state index contributed by atoms with van der Waals surface area (Å²) in [6.07, 6.45) is 3.85. The molecular formula is C34H43BFN2O3. The maximum atomic E-state index is 13.9. The van der Waals surface area contributed by atoms with Crippen LogP contribution in [-0.2, 0) is 30.5 Å². The van der Waals surface area contributed by atoms with Crippen molar-refractivity contribution in [3.8, 4) is 11.1 Å². The predicted octanol–water partition coefficient (Wildman–Crippen LogP) is 4.78. The Morgan fingerprint density at radius 1 is 1.10 bits per heavy atom. The quantitative estimate of drug-likeness (QED) is 0.249. The lowest BCUT2D eigenvalue weighted by Crippen LogP contribution is -2.48. The predicted molar refractivity (Wildman–Crippen MR) is 165 cm³/mol. The van der Waals surface area contributed by atoms with Gasteiger partial charge in [0.15, 0.2) is 0 Å². The number of carboxylic acid groups (broad SMARTS) is 1. The SMILES string of the molecule is CCc1cc(-c2ccc(F)cc2CCC(=O)O)ccc1[B]N(C)C[C@H](O)CNC(C)(C)CC1Cc2ccccc2C1. The van der Waals surface area contributed by atoms with E-state index in [2.05, 4.69) is 63.8 Å². The van der Waals surface area contributed by atoms with Gasteiger partial charge >= 0.3 is 5.97 Å². The average molecular weight is 558 g/mol. The second-order valence-corrected chi connectivity index (χ2v) is 12.2. The Morgan fingerprint density at radius 3 is 2.46 bits per heavy atom. The van der Waals surface area contributed by atoms with Gasteiger partial charge in [0.2, 0.25) is 7.41 Å². The Balaban J connectivity index is 1.31. The molecule has 5 nitrogen and oxygen atoms in total. The summed E-state index contributed by atoms with van der Waals surface area (Å²) in [5.74, 6) is -0.637. The smallest absolute Gasteiger partial charge is 0.303 e. The number of fused-ring (bicyclic) bond motifs is 1. The summed E-state index contributed by atoms with van der Waals surface area (Å²) in [4.78, 5) is 13.1. The molecule has 0 spiro atoms. The van der Waals surface area contributed by atoms with Crippen LogP contribution in [0.2, 0.25) is 0 Å². The van der Waals surface area contributed by atoms with Crippen LogP contribution in [0.5, 0.6) is 0 Å². The number of rotatable bonds is 14. The lowest BCUT2D eigenvalue weighted by Gasteiger charge is -2.31. The van der Waals surface area contributed by atoms with Crippen LogP contribution in [0.15, 0.2) is 60.7 Å². The van der Waals surface area contributed by atoms with Gasteiger partial charge in [-0.1, -0.05) is 66.5 Å². The third-order valence-corrected chi connectivity index (χ3v) is 8.12. The molecular weight excluding hydrogens is 514 g/mol. The summed E-state index contributed by atoms with van der Waals surface area (Å²) in [5, 5.41) is 23.5. The highest BCUT2D eigenvalue weighted by Gasteiger charge is 2.28. The van der Waals surface area contributed by atoms with E-state index in [1.807, 2.05) is 24.0 Å². The number of aliphatic hydroxyl groups excluding tert-OH is 1. The van der Waals surface area contributed by atoms with Crippen LogP contribution in [0.1, 0.15) is 55.9 Å². The van der Waals surface area contributed by atoms with Crippen molar-refractivity contribution in [1.29, 1.82) is 0 Å². The summed E-state index contributed by atoms with van der Waals surface area (Å²) in [7, 11) is 4.03. The molecule has 1 aliphatic carbocycles. The molecule has 1 atom stereocenters. The Morgan fingerprint density at radius 2 is 1.80 bits per heavy atom. The number of β-amino-alcohol motifs (C(OH)–C–C–N with tert-alkyl or cyclic N) is 1. The number of nitrogens with zero attached hydrogens (tertiary/aromatic N) is 1. The zero-order valence-electron chi connectivity index (χ0n) is 24.8. The van der Waals surface area contributed by atoms with E-state index in [4.69, 9.17) is 5.11 Å². The maximum absolute atomic E-state index is 13.9. The Kier molecular flexibility index (Phi) is 10.4. The van der Waals surface area contributed by atoms with Gasteiger partial charge in [0.25, 0.3) is 0 Å². The highest BCUT2D eigenvalue weighted by atomic mass is 19.1. The Bertz CT molecular complexity index is 1320. The van der Waals surface area contributed by atoms with Crippen LogP contribution in [0, 0.1) is 11.7 Å². The summed E-state index contributed by atoms with van der Waals surface area (Å²) in [5.41, 5.74) is 7.57. The van der Waals surface area contributed by atoms with Gasteiger partial charge < -0.3 is 20.3 Å². The highest BCUT2D eigenvalue weighted by Crippen LogP contribution is 2.32. The van der Waals surface area contributed by atoms with Gasteiger partial charge in [-0.3, -0.25) is 4.79 Å². The van der Waals surface area contributed by atoms with Gasteiger partial charge in [-0.25, -0.2) is 4.39 Å². The zero-order chi connectivity index (χ0) is 29.6. The van der Waals surface area contributed by atoms with Gasteiger partial charge in [0.1, 0.15) is 5.82 Å². The van der Waals surface area contributed by atoms with Crippen LogP contribution >= 0.6 is 0 Å². The molecule has 7 heteroatoms. The van der Waals surface area contributed by atoms with Gasteiger partial charge in [0.05, 0.1) is 6.10 Å². The van der Waals surface area contributed by atoms with Crippen LogP contribution in [0.3, 0.4) is 0 Å². The summed E-state index contributed by atoms with van der Waals surface area (Å²) < 4.78 is 13.9. The molecule has 1 aliphatic rings. The fourth-order valence-electron chi connectivity index (χ4n) is 6.17. The lowest BCUT2D eigenvalue weighted by atomic mass is 9.75. The van der Waals surface area contributed by atoms with Crippen LogP contribution in [0.25, 0.3) is 11.1 Å². The molecule has 0 heterocycles. The number of aliphatic hydroxyl groups is 1.